The Morgan fingerprint density at radius 1 is 1.45 bits per heavy atom. The summed E-state index contributed by atoms with van der Waals surface area (Å²) in [6.45, 7) is 4.22. The van der Waals surface area contributed by atoms with Crippen LogP contribution in [0.25, 0.3) is 0 Å². The van der Waals surface area contributed by atoms with Gasteiger partial charge in [-0.3, -0.25) is 14.3 Å². The van der Waals surface area contributed by atoms with Crippen molar-refractivity contribution in [3.05, 3.63) is 34.9 Å². The van der Waals surface area contributed by atoms with Crippen LogP contribution in [-0.2, 0) is 15.6 Å². The highest BCUT2D eigenvalue weighted by molar-refractivity contribution is 7.84. The third kappa shape index (κ3) is 3.40. The molecule has 1 fully saturated rings. The number of benzene rings is 1. The van der Waals surface area contributed by atoms with Crippen LogP contribution >= 0.6 is 11.6 Å². The van der Waals surface area contributed by atoms with Gasteiger partial charge in [0.2, 0.25) is 5.91 Å². The van der Waals surface area contributed by atoms with Gasteiger partial charge in [-0.2, -0.15) is 0 Å². The summed E-state index contributed by atoms with van der Waals surface area (Å²) in [5.74, 6) is 1.17. The Hall–Kier alpha value is -0.910. The number of rotatable bonds is 5. The first kappa shape index (κ1) is 15.5. The number of nitrogens with one attached hydrogen (secondary N) is 1. The number of carbonyl (C=O) groups is 1. The van der Waals surface area contributed by atoms with Gasteiger partial charge in [0.15, 0.2) is 0 Å². The van der Waals surface area contributed by atoms with Gasteiger partial charge in [0, 0.05) is 33.9 Å². The molecule has 1 saturated heterocycles. The van der Waals surface area contributed by atoms with Gasteiger partial charge in [0.25, 0.3) is 0 Å². The van der Waals surface area contributed by atoms with Crippen LogP contribution in [0.2, 0.25) is 5.02 Å². The lowest BCUT2D eigenvalue weighted by molar-refractivity contribution is -0.129. The van der Waals surface area contributed by atoms with E-state index in [-0.39, 0.29) is 18.1 Å². The minimum atomic E-state index is -0.873. The van der Waals surface area contributed by atoms with Crippen LogP contribution in [0.1, 0.15) is 25.6 Å². The van der Waals surface area contributed by atoms with Crippen LogP contribution in [0, 0.1) is 0 Å². The fourth-order valence-corrected chi connectivity index (χ4v) is 3.20. The first-order valence-corrected chi connectivity index (χ1v) is 8.56. The second-order valence-electron chi connectivity index (χ2n) is 4.81. The van der Waals surface area contributed by atoms with E-state index in [0.717, 1.165) is 5.56 Å². The summed E-state index contributed by atoms with van der Waals surface area (Å²) < 4.78 is 11.6. The summed E-state index contributed by atoms with van der Waals surface area (Å²) in [6.07, 6.45) is -0.190. The molecule has 1 aromatic carbocycles. The zero-order chi connectivity index (χ0) is 14.7. The Balaban J connectivity index is 2.17. The van der Waals surface area contributed by atoms with Crippen LogP contribution in [0.3, 0.4) is 0 Å². The summed E-state index contributed by atoms with van der Waals surface area (Å²) in [7, 11) is -0.873. The Bertz CT molecular complexity index is 524. The molecule has 0 aliphatic carbocycles. The molecule has 1 aliphatic rings. The average Bonchev–Trinajstić information content (AvgIpc) is 2.72. The molecule has 1 heterocycles. The zero-order valence-corrected chi connectivity index (χ0v) is 13.2. The molecule has 3 unspecified atom stereocenters. The second-order valence-corrected chi connectivity index (χ2v) is 7.11. The first-order valence-electron chi connectivity index (χ1n) is 6.70. The predicted molar refractivity (Wildman–Crippen MR) is 82.1 cm³/mol. The third-order valence-electron chi connectivity index (χ3n) is 3.42. The number of hydrogen-bond donors (Lipinski definition) is 1. The van der Waals surface area contributed by atoms with Crippen LogP contribution in [0.15, 0.2) is 24.3 Å². The Morgan fingerprint density at radius 2 is 2.20 bits per heavy atom. The maximum atomic E-state index is 12.2. The molecule has 0 aromatic heterocycles. The van der Waals surface area contributed by atoms with Crippen LogP contribution in [-0.4, -0.2) is 39.1 Å². The molecule has 4 nitrogen and oxygen atoms in total. The molecule has 2 rings (SSSR count). The molecule has 20 heavy (non-hydrogen) atoms. The number of halogens is 1. The smallest absolute Gasteiger partial charge is 0.241 e. The van der Waals surface area contributed by atoms with E-state index >= 15 is 0 Å². The molecule has 0 spiro atoms. The number of amides is 1. The van der Waals surface area contributed by atoms with Crippen molar-refractivity contribution in [2.45, 2.75) is 26.1 Å². The molecule has 0 bridgehead atoms. The zero-order valence-electron chi connectivity index (χ0n) is 11.6. The van der Waals surface area contributed by atoms with Crippen molar-refractivity contribution in [2.24, 2.45) is 0 Å². The van der Waals surface area contributed by atoms with Crippen molar-refractivity contribution >= 4 is 28.3 Å². The highest BCUT2D eigenvalue weighted by atomic mass is 35.5. The standard InChI is InChI=1S/C14H19ClN2O2S/c1-3-20(19)8-7-17-13(16-10(2)14(17)18)11-5-4-6-12(15)9-11/h4-6,9-10,13,16H,3,7-8H2,1-2H3. The molecule has 3 atom stereocenters. The van der Waals surface area contributed by atoms with E-state index in [4.69, 9.17) is 11.6 Å². The third-order valence-corrected chi connectivity index (χ3v) is 4.94. The quantitative estimate of drug-likeness (QED) is 0.903. The van der Waals surface area contributed by atoms with E-state index in [9.17, 15) is 9.00 Å². The minimum absolute atomic E-state index is 0.0445. The highest BCUT2D eigenvalue weighted by Gasteiger charge is 2.36. The largest absolute Gasteiger partial charge is 0.321 e. The van der Waals surface area contributed by atoms with Crippen molar-refractivity contribution < 1.29 is 9.00 Å². The fraction of sp³-hybridized carbons (Fsp3) is 0.500. The SMILES string of the molecule is CCS(=O)CCN1C(=O)C(C)NC1c1cccc(Cl)c1. The van der Waals surface area contributed by atoms with Gasteiger partial charge in [-0.05, 0) is 24.6 Å². The number of nitrogens with zero attached hydrogens (tertiary/aromatic N) is 1. The molecular formula is C14H19ClN2O2S. The Kier molecular flexibility index (Phi) is 5.18. The van der Waals surface area contributed by atoms with Crippen molar-refractivity contribution in [3.8, 4) is 0 Å². The summed E-state index contributed by atoms with van der Waals surface area (Å²) in [5.41, 5.74) is 0.956. The van der Waals surface area contributed by atoms with Gasteiger partial charge < -0.3 is 4.90 Å². The monoisotopic (exact) mass is 314 g/mol. The van der Waals surface area contributed by atoms with E-state index in [1.54, 1.807) is 4.90 Å². The van der Waals surface area contributed by atoms with Gasteiger partial charge in [-0.25, -0.2) is 0 Å². The molecule has 0 radical (unpaired) electrons. The molecule has 0 saturated carbocycles. The summed E-state index contributed by atoms with van der Waals surface area (Å²) in [4.78, 5) is 14.0. The number of carbonyl (C=O) groups excluding carboxylic acids is 1. The fourth-order valence-electron chi connectivity index (χ4n) is 2.31. The van der Waals surface area contributed by atoms with Crippen LogP contribution < -0.4 is 5.32 Å². The Labute approximate surface area is 126 Å². The van der Waals surface area contributed by atoms with E-state index in [0.29, 0.717) is 23.1 Å². The normalized spacial score (nSPS) is 24.1. The van der Waals surface area contributed by atoms with Crippen molar-refractivity contribution in [2.75, 3.05) is 18.1 Å². The topological polar surface area (TPSA) is 49.4 Å². The Morgan fingerprint density at radius 3 is 2.85 bits per heavy atom. The highest BCUT2D eigenvalue weighted by Crippen LogP contribution is 2.26. The van der Waals surface area contributed by atoms with Gasteiger partial charge in [-0.1, -0.05) is 30.7 Å². The summed E-state index contributed by atoms with van der Waals surface area (Å²) in [6, 6.07) is 7.25. The molecular weight excluding hydrogens is 296 g/mol. The predicted octanol–water partition coefficient (Wildman–Crippen LogP) is 1.93. The van der Waals surface area contributed by atoms with Crippen molar-refractivity contribution in [3.63, 3.8) is 0 Å². The molecule has 1 N–H and O–H groups in total. The van der Waals surface area contributed by atoms with Crippen LogP contribution in [0.4, 0.5) is 0 Å². The molecule has 1 amide bonds. The molecule has 6 heteroatoms. The van der Waals surface area contributed by atoms with E-state index in [1.807, 2.05) is 38.1 Å². The maximum Gasteiger partial charge on any atom is 0.241 e. The molecule has 110 valence electrons. The average molecular weight is 315 g/mol. The molecule has 1 aromatic rings. The lowest BCUT2D eigenvalue weighted by atomic mass is 10.1. The van der Waals surface area contributed by atoms with E-state index in [2.05, 4.69) is 5.32 Å². The summed E-state index contributed by atoms with van der Waals surface area (Å²) in [5, 5.41) is 3.90. The van der Waals surface area contributed by atoms with Gasteiger partial charge in [0.1, 0.15) is 6.17 Å². The first-order chi connectivity index (χ1) is 9.52. The van der Waals surface area contributed by atoms with Crippen LogP contribution in [0.5, 0.6) is 0 Å². The lowest BCUT2D eigenvalue weighted by Gasteiger charge is -2.24. The van der Waals surface area contributed by atoms with Gasteiger partial charge in [0.05, 0.1) is 6.04 Å². The van der Waals surface area contributed by atoms with Crippen molar-refractivity contribution in [1.29, 1.82) is 0 Å². The molecule has 1 aliphatic heterocycles. The lowest BCUT2D eigenvalue weighted by Crippen LogP contribution is -2.34. The maximum absolute atomic E-state index is 12.2. The minimum Gasteiger partial charge on any atom is -0.321 e. The summed E-state index contributed by atoms with van der Waals surface area (Å²) >= 11 is 6.01. The van der Waals surface area contributed by atoms with Gasteiger partial charge >= 0.3 is 0 Å². The number of hydrogen-bond acceptors (Lipinski definition) is 3. The second kappa shape index (κ2) is 6.70. The van der Waals surface area contributed by atoms with Crippen molar-refractivity contribution in [1.82, 2.24) is 10.2 Å². The van der Waals surface area contributed by atoms with E-state index < -0.39 is 10.8 Å². The van der Waals surface area contributed by atoms with E-state index in [1.165, 1.54) is 0 Å². The van der Waals surface area contributed by atoms with Gasteiger partial charge in [-0.15, -0.1) is 0 Å².